The molecule has 0 amide bonds. The summed E-state index contributed by atoms with van der Waals surface area (Å²) >= 11 is 0. The lowest BCUT2D eigenvalue weighted by atomic mass is 9.96. The zero-order chi connectivity index (χ0) is 36.3. The number of hydrogen-bond donors (Lipinski definition) is 0. The van der Waals surface area contributed by atoms with Gasteiger partial charge in [0.2, 0.25) is 0 Å². The number of allylic oxidation sites excluding steroid dienone is 3. The van der Waals surface area contributed by atoms with Gasteiger partial charge in [-0.2, -0.15) is 0 Å². The molecular formula is C43H46O9. The van der Waals surface area contributed by atoms with E-state index in [0.29, 0.717) is 42.0 Å². The van der Waals surface area contributed by atoms with Crippen LogP contribution in [0.4, 0.5) is 0 Å². The fraction of sp³-hybridized carbons (Fsp3) is 0.419. The second-order valence-corrected chi connectivity index (χ2v) is 15.4. The van der Waals surface area contributed by atoms with Crippen LogP contribution in [-0.2, 0) is 20.6 Å². The van der Waals surface area contributed by atoms with Crippen LogP contribution < -0.4 is 19.8 Å². The number of ether oxygens (including phenoxy) is 6. The molecule has 2 aromatic carbocycles. The van der Waals surface area contributed by atoms with Crippen molar-refractivity contribution in [1.29, 1.82) is 0 Å². The molecule has 1 unspecified atom stereocenters. The highest BCUT2D eigenvalue weighted by atomic mass is 16.9. The molecule has 1 spiro atoms. The number of benzene rings is 2. The molecule has 52 heavy (non-hydrogen) atoms. The van der Waals surface area contributed by atoms with E-state index in [1.54, 1.807) is 12.3 Å². The summed E-state index contributed by atoms with van der Waals surface area (Å²) in [6.45, 7) is 13.4. The molecule has 3 aliphatic heterocycles. The Kier molecular flexibility index (Phi) is 8.71. The zero-order valence-corrected chi connectivity index (χ0v) is 30.7. The van der Waals surface area contributed by atoms with Crippen LogP contribution in [0.1, 0.15) is 83.9 Å². The lowest BCUT2D eigenvalue weighted by Gasteiger charge is -2.30. The van der Waals surface area contributed by atoms with Crippen molar-refractivity contribution in [2.75, 3.05) is 13.2 Å². The van der Waals surface area contributed by atoms with Crippen LogP contribution in [0, 0.1) is 0 Å². The Bertz CT molecular complexity index is 2210. The Morgan fingerprint density at radius 1 is 0.865 bits per heavy atom. The lowest BCUT2D eigenvalue weighted by Crippen LogP contribution is -2.38. The van der Waals surface area contributed by atoms with Crippen molar-refractivity contribution >= 4 is 34.1 Å². The highest BCUT2D eigenvalue weighted by molar-refractivity contribution is 5.91. The summed E-state index contributed by atoms with van der Waals surface area (Å²) in [4.78, 5) is 11.8. The van der Waals surface area contributed by atoms with E-state index in [4.69, 9.17) is 37.3 Å². The fourth-order valence-corrected chi connectivity index (χ4v) is 7.34. The van der Waals surface area contributed by atoms with Crippen LogP contribution in [0.3, 0.4) is 0 Å². The molecule has 4 aromatic rings. The standard InChI is InChI=1S/C43H46O9/c1-26(10-13-37-41(3,4)50-37)17-20-45-36-25-47-34-24-33-29(22-32(34)36)16-19-43(49-33)51-38(42(5,6)52-43)14-11-27(2)18-21-46-40-30-9-7-8-28(30)23-35-31(40)12-15-39(44)48-35/h7,9,12,15-19,22-25,37-38H,8,10-11,13-14,20-21H2,1-6H3/b26-17+,27-18+/t37?,38-,43-/m1/s1. The van der Waals surface area contributed by atoms with E-state index in [9.17, 15) is 4.79 Å². The van der Waals surface area contributed by atoms with E-state index in [0.717, 1.165) is 65.3 Å². The van der Waals surface area contributed by atoms with Gasteiger partial charge in [0.15, 0.2) is 5.75 Å². The van der Waals surface area contributed by atoms with Gasteiger partial charge in [0.25, 0.3) is 0 Å². The Morgan fingerprint density at radius 2 is 1.60 bits per heavy atom. The topological polar surface area (TPSA) is 102 Å². The van der Waals surface area contributed by atoms with Crippen molar-refractivity contribution in [1.82, 2.24) is 0 Å². The molecule has 2 aromatic heterocycles. The monoisotopic (exact) mass is 706 g/mol. The molecule has 2 saturated heterocycles. The number of furan rings is 1. The number of hydrogen-bond acceptors (Lipinski definition) is 9. The average Bonchev–Trinajstić information content (AvgIpc) is 3.43. The molecular weight excluding hydrogens is 660 g/mol. The second-order valence-electron chi connectivity index (χ2n) is 15.4. The molecule has 0 radical (unpaired) electrons. The molecule has 0 saturated carbocycles. The van der Waals surface area contributed by atoms with Crippen LogP contribution in [0.5, 0.6) is 17.2 Å². The third-order valence-corrected chi connectivity index (χ3v) is 10.6. The molecule has 0 N–H and O–H groups in total. The van der Waals surface area contributed by atoms with Crippen LogP contribution in [-0.4, -0.2) is 42.6 Å². The highest BCUT2D eigenvalue weighted by Gasteiger charge is 2.54. The summed E-state index contributed by atoms with van der Waals surface area (Å²) in [6, 6.07) is 9.02. The van der Waals surface area contributed by atoms with Gasteiger partial charge in [-0.05, 0) is 116 Å². The summed E-state index contributed by atoms with van der Waals surface area (Å²) < 4.78 is 48.9. The Balaban J connectivity index is 0.879. The fourth-order valence-electron chi connectivity index (χ4n) is 7.34. The van der Waals surface area contributed by atoms with Gasteiger partial charge >= 0.3 is 11.6 Å². The third-order valence-electron chi connectivity index (χ3n) is 10.6. The summed E-state index contributed by atoms with van der Waals surface area (Å²) in [5.41, 5.74) is 5.75. The molecule has 9 nitrogen and oxygen atoms in total. The van der Waals surface area contributed by atoms with Crippen molar-refractivity contribution in [3.63, 3.8) is 0 Å². The van der Waals surface area contributed by atoms with Crippen molar-refractivity contribution in [2.45, 2.75) is 103 Å². The van der Waals surface area contributed by atoms with Gasteiger partial charge < -0.3 is 37.3 Å². The summed E-state index contributed by atoms with van der Waals surface area (Å²) in [5, 5.41) is 1.67. The first-order chi connectivity index (χ1) is 24.9. The van der Waals surface area contributed by atoms with Gasteiger partial charge in [0, 0.05) is 29.3 Å². The Morgan fingerprint density at radius 3 is 2.35 bits per heavy atom. The van der Waals surface area contributed by atoms with Gasteiger partial charge in [0.05, 0.1) is 34.2 Å². The normalized spacial score (nSPS) is 24.0. The molecule has 272 valence electrons. The average molecular weight is 707 g/mol. The third kappa shape index (κ3) is 6.85. The predicted octanol–water partition coefficient (Wildman–Crippen LogP) is 9.45. The quantitative estimate of drug-likeness (QED) is 0.0810. The smallest absolute Gasteiger partial charge is 0.350 e. The largest absolute Gasteiger partial charge is 0.488 e. The van der Waals surface area contributed by atoms with Crippen LogP contribution in [0.25, 0.3) is 34.1 Å². The molecule has 2 fully saturated rings. The highest BCUT2D eigenvalue weighted by Crippen LogP contribution is 2.46. The Hall–Kier alpha value is -4.57. The Labute approximate surface area is 303 Å². The minimum atomic E-state index is -1.33. The molecule has 9 heteroatoms. The summed E-state index contributed by atoms with van der Waals surface area (Å²) in [7, 11) is 0. The van der Waals surface area contributed by atoms with Crippen molar-refractivity contribution < 1.29 is 37.3 Å². The first-order valence-electron chi connectivity index (χ1n) is 18.2. The lowest BCUT2D eigenvalue weighted by molar-refractivity contribution is -0.270. The number of fused-ring (bicyclic) bond motifs is 4. The summed E-state index contributed by atoms with van der Waals surface area (Å²) in [6.07, 6.45) is 18.3. The zero-order valence-electron chi connectivity index (χ0n) is 30.7. The molecule has 3 atom stereocenters. The molecule has 1 aliphatic carbocycles. The van der Waals surface area contributed by atoms with Gasteiger partial charge in [-0.1, -0.05) is 23.3 Å². The summed E-state index contributed by atoms with van der Waals surface area (Å²) in [5.74, 6) is 0.721. The van der Waals surface area contributed by atoms with E-state index >= 15 is 0 Å². The minimum Gasteiger partial charge on any atom is -0.488 e. The maximum absolute atomic E-state index is 11.8. The van der Waals surface area contributed by atoms with Crippen LogP contribution in [0.2, 0.25) is 0 Å². The van der Waals surface area contributed by atoms with E-state index in [1.807, 2.05) is 44.2 Å². The van der Waals surface area contributed by atoms with Gasteiger partial charge in [-0.15, -0.1) is 0 Å². The van der Waals surface area contributed by atoms with Crippen LogP contribution in [0.15, 0.2) is 85.7 Å². The SMILES string of the molecule is C/C(=C\COc1coc2cc3c(cc12)C=C[C@@]1(O3)O[C@H](CC/C(C)=C/COc2c3c(cc4oc(=O)ccc24)CC=C3)C(C)(C)O1)CCC1OC1(C)C. The van der Waals surface area contributed by atoms with Crippen molar-refractivity contribution in [3.05, 3.63) is 99.2 Å². The minimum absolute atomic E-state index is 0.0217. The van der Waals surface area contributed by atoms with Crippen molar-refractivity contribution in [2.24, 2.45) is 0 Å². The van der Waals surface area contributed by atoms with Gasteiger partial charge in [0.1, 0.15) is 42.1 Å². The van der Waals surface area contributed by atoms with E-state index in [-0.39, 0.29) is 17.3 Å². The van der Waals surface area contributed by atoms with E-state index < -0.39 is 11.6 Å². The number of rotatable bonds is 12. The van der Waals surface area contributed by atoms with Crippen molar-refractivity contribution in [3.8, 4) is 17.2 Å². The number of epoxide rings is 1. The van der Waals surface area contributed by atoms with E-state index in [1.165, 1.54) is 17.2 Å². The maximum Gasteiger partial charge on any atom is 0.350 e. The molecule has 4 aliphatic rings. The first kappa shape index (κ1) is 34.5. The first-order valence-corrected chi connectivity index (χ1v) is 18.2. The van der Waals surface area contributed by atoms with Crippen LogP contribution >= 0.6 is 0 Å². The second kappa shape index (κ2) is 13.1. The van der Waals surface area contributed by atoms with Gasteiger partial charge in [-0.3, -0.25) is 0 Å². The van der Waals surface area contributed by atoms with Gasteiger partial charge in [-0.25, -0.2) is 4.79 Å². The van der Waals surface area contributed by atoms with E-state index in [2.05, 4.69) is 52.0 Å². The molecule has 8 rings (SSSR count). The maximum atomic E-state index is 11.8. The molecule has 0 bridgehead atoms. The molecule has 5 heterocycles. The predicted molar refractivity (Wildman–Crippen MR) is 200 cm³/mol.